The summed E-state index contributed by atoms with van der Waals surface area (Å²) in [6.07, 6.45) is 6.51. The van der Waals surface area contributed by atoms with Crippen molar-refractivity contribution in [1.82, 2.24) is 25.0 Å². The van der Waals surface area contributed by atoms with E-state index in [1.807, 2.05) is 0 Å². The number of nitrogens with zero attached hydrogens (tertiary/aromatic N) is 4. The molecular weight excluding hydrogens is 338 g/mol. The van der Waals surface area contributed by atoms with Gasteiger partial charge in [0.2, 0.25) is 5.91 Å². The molecule has 0 spiro atoms. The Labute approximate surface area is 161 Å². The Kier molecular flexibility index (Phi) is 5.82. The van der Waals surface area contributed by atoms with Crippen molar-refractivity contribution in [1.29, 1.82) is 0 Å². The summed E-state index contributed by atoms with van der Waals surface area (Å²) in [5.41, 5.74) is 1.38. The number of carbonyl (C=O) groups excluding carboxylic acids is 1. The molecule has 1 N–H and O–H groups in total. The normalized spacial score (nSPS) is 20.1. The number of amides is 1. The van der Waals surface area contributed by atoms with E-state index in [0.717, 1.165) is 64.2 Å². The van der Waals surface area contributed by atoms with Crippen molar-refractivity contribution in [2.75, 3.05) is 26.2 Å². The number of carbonyl (C=O) groups is 1. The highest BCUT2D eigenvalue weighted by atomic mass is 16.2. The molecule has 2 aromatic rings. The lowest BCUT2D eigenvalue weighted by atomic mass is 9.91. The van der Waals surface area contributed by atoms with Gasteiger partial charge in [-0.1, -0.05) is 30.3 Å². The number of rotatable bonds is 5. The van der Waals surface area contributed by atoms with Gasteiger partial charge in [-0.25, -0.2) is 4.98 Å². The quantitative estimate of drug-likeness (QED) is 0.883. The SMILES string of the molecule is O=C(CC1CCN(Cc2ccccc2)CC1)N1CCC(c2ncn[nH]2)CC1. The highest BCUT2D eigenvalue weighted by molar-refractivity contribution is 5.76. The molecular formula is C21H29N5O. The van der Waals surface area contributed by atoms with Crippen molar-refractivity contribution in [2.24, 2.45) is 5.92 Å². The molecule has 27 heavy (non-hydrogen) atoms. The van der Waals surface area contributed by atoms with Crippen LogP contribution >= 0.6 is 0 Å². The third kappa shape index (κ3) is 4.75. The third-order valence-electron chi connectivity index (χ3n) is 6.09. The van der Waals surface area contributed by atoms with Crippen molar-refractivity contribution in [2.45, 2.75) is 44.6 Å². The Balaban J connectivity index is 1.19. The highest BCUT2D eigenvalue weighted by Crippen LogP contribution is 2.27. The van der Waals surface area contributed by atoms with Crippen molar-refractivity contribution in [3.05, 3.63) is 48.0 Å². The van der Waals surface area contributed by atoms with E-state index in [-0.39, 0.29) is 0 Å². The zero-order chi connectivity index (χ0) is 18.5. The second-order valence-electron chi connectivity index (χ2n) is 7.94. The molecule has 2 saturated heterocycles. The molecule has 6 nitrogen and oxygen atoms in total. The van der Waals surface area contributed by atoms with Gasteiger partial charge in [-0.05, 0) is 50.3 Å². The molecule has 0 aliphatic carbocycles. The molecule has 2 fully saturated rings. The van der Waals surface area contributed by atoms with Gasteiger partial charge in [0, 0.05) is 32.0 Å². The first-order chi connectivity index (χ1) is 13.3. The number of hydrogen-bond donors (Lipinski definition) is 1. The number of likely N-dealkylation sites (tertiary alicyclic amines) is 2. The average Bonchev–Trinajstić information content (AvgIpc) is 3.25. The van der Waals surface area contributed by atoms with Gasteiger partial charge in [0.25, 0.3) is 0 Å². The van der Waals surface area contributed by atoms with Crippen molar-refractivity contribution >= 4 is 5.91 Å². The van der Waals surface area contributed by atoms with Gasteiger partial charge in [-0.15, -0.1) is 0 Å². The van der Waals surface area contributed by atoms with Crippen LogP contribution in [0, 0.1) is 5.92 Å². The summed E-state index contributed by atoms with van der Waals surface area (Å²) in [5.74, 6) is 2.26. The van der Waals surface area contributed by atoms with E-state index in [1.54, 1.807) is 6.33 Å². The minimum atomic E-state index is 0.340. The molecule has 1 aromatic carbocycles. The highest BCUT2D eigenvalue weighted by Gasteiger charge is 2.28. The first-order valence-corrected chi connectivity index (χ1v) is 10.2. The fraction of sp³-hybridized carbons (Fsp3) is 0.571. The zero-order valence-corrected chi connectivity index (χ0v) is 15.9. The average molecular weight is 367 g/mol. The fourth-order valence-electron chi connectivity index (χ4n) is 4.38. The number of aromatic amines is 1. The van der Waals surface area contributed by atoms with Crippen LogP contribution in [-0.4, -0.2) is 57.1 Å². The first-order valence-electron chi connectivity index (χ1n) is 10.2. The van der Waals surface area contributed by atoms with E-state index in [0.29, 0.717) is 24.2 Å². The second-order valence-corrected chi connectivity index (χ2v) is 7.94. The maximum atomic E-state index is 12.7. The Morgan fingerprint density at radius 1 is 1.04 bits per heavy atom. The van der Waals surface area contributed by atoms with Crippen LogP contribution in [0.2, 0.25) is 0 Å². The predicted octanol–water partition coefficient (Wildman–Crippen LogP) is 2.81. The number of nitrogens with one attached hydrogen (secondary N) is 1. The van der Waals surface area contributed by atoms with Crippen molar-refractivity contribution < 1.29 is 4.79 Å². The maximum absolute atomic E-state index is 12.7. The Morgan fingerprint density at radius 3 is 2.44 bits per heavy atom. The summed E-state index contributed by atoms with van der Waals surface area (Å²) in [6, 6.07) is 10.7. The van der Waals surface area contributed by atoms with Gasteiger partial charge in [0.15, 0.2) is 0 Å². The third-order valence-corrected chi connectivity index (χ3v) is 6.09. The molecule has 3 heterocycles. The standard InChI is InChI=1S/C21H29N5O/c27-20(26-12-8-19(9-13-26)21-22-16-23-24-21)14-17-6-10-25(11-7-17)15-18-4-2-1-3-5-18/h1-5,16-17,19H,6-15H2,(H,22,23,24). The van der Waals surface area contributed by atoms with Gasteiger partial charge >= 0.3 is 0 Å². The van der Waals surface area contributed by atoms with E-state index in [4.69, 9.17) is 0 Å². The van der Waals surface area contributed by atoms with Gasteiger partial charge < -0.3 is 4.90 Å². The molecule has 144 valence electrons. The van der Waals surface area contributed by atoms with Crippen LogP contribution in [0.5, 0.6) is 0 Å². The van der Waals surface area contributed by atoms with Gasteiger partial charge in [0.1, 0.15) is 12.2 Å². The zero-order valence-electron chi connectivity index (χ0n) is 15.9. The lowest BCUT2D eigenvalue weighted by molar-refractivity contribution is -0.133. The van der Waals surface area contributed by atoms with E-state index in [2.05, 4.69) is 55.3 Å². The van der Waals surface area contributed by atoms with Gasteiger partial charge in [-0.2, -0.15) is 5.10 Å². The molecule has 2 aliphatic rings. The van der Waals surface area contributed by atoms with E-state index in [1.165, 1.54) is 5.56 Å². The summed E-state index contributed by atoms with van der Waals surface area (Å²) >= 11 is 0. The lowest BCUT2D eigenvalue weighted by Crippen LogP contribution is -2.40. The molecule has 4 rings (SSSR count). The minimum absolute atomic E-state index is 0.340. The largest absolute Gasteiger partial charge is 0.343 e. The van der Waals surface area contributed by atoms with Crippen molar-refractivity contribution in [3.63, 3.8) is 0 Å². The van der Waals surface area contributed by atoms with E-state index >= 15 is 0 Å². The van der Waals surface area contributed by atoms with Gasteiger partial charge in [0.05, 0.1) is 0 Å². The fourth-order valence-corrected chi connectivity index (χ4v) is 4.38. The molecule has 2 aliphatic heterocycles. The summed E-state index contributed by atoms with van der Waals surface area (Å²) in [4.78, 5) is 21.5. The van der Waals surface area contributed by atoms with Crippen molar-refractivity contribution in [3.8, 4) is 0 Å². The first kappa shape index (κ1) is 18.2. The van der Waals surface area contributed by atoms with E-state index < -0.39 is 0 Å². The smallest absolute Gasteiger partial charge is 0.222 e. The van der Waals surface area contributed by atoms with Crippen LogP contribution in [-0.2, 0) is 11.3 Å². The molecule has 1 aromatic heterocycles. The molecule has 0 bridgehead atoms. The monoisotopic (exact) mass is 367 g/mol. The molecule has 6 heteroatoms. The summed E-state index contributed by atoms with van der Waals surface area (Å²) in [5, 5.41) is 6.91. The van der Waals surface area contributed by atoms with Gasteiger partial charge in [-0.3, -0.25) is 14.8 Å². The number of benzene rings is 1. The van der Waals surface area contributed by atoms with Crippen LogP contribution in [0.25, 0.3) is 0 Å². The number of aromatic nitrogens is 3. The summed E-state index contributed by atoms with van der Waals surface area (Å²) < 4.78 is 0. The lowest BCUT2D eigenvalue weighted by Gasteiger charge is -2.35. The minimum Gasteiger partial charge on any atom is -0.343 e. The van der Waals surface area contributed by atoms with Crippen LogP contribution in [0.4, 0.5) is 0 Å². The Hall–Kier alpha value is -2.21. The summed E-state index contributed by atoms with van der Waals surface area (Å²) in [6.45, 7) is 4.91. The Morgan fingerprint density at radius 2 is 1.78 bits per heavy atom. The van der Waals surface area contributed by atoms with E-state index in [9.17, 15) is 4.79 Å². The topological polar surface area (TPSA) is 65.1 Å². The molecule has 0 radical (unpaired) electrons. The number of hydrogen-bond acceptors (Lipinski definition) is 4. The maximum Gasteiger partial charge on any atom is 0.222 e. The van der Waals surface area contributed by atoms with Crippen LogP contribution in [0.3, 0.4) is 0 Å². The molecule has 0 atom stereocenters. The Bertz CT molecular complexity index is 701. The second kappa shape index (κ2) is 8.65. The number of H-pyrrole nitrogens is 1. The predicted molar refractivity (Wildman–Crippen MR) is 104 cm³/mol. The van der Waals surface area contributed by atoms with Crippen LogP contribution in [0.1, 0.15) is 49.4 Å². The molecule has 1 amide bonds. The van der Waals surface area contributed by atoms with Crippen LogP contribution in [0.15, 0.2) is 36.7 Å². The van der Waals surface area contributed by atoms with Crippen LogP contribution < -0.4 is 0 Å². The molecule has 0 unspecified atom stereocenters. The number of piperidine rings is 2. The summed E-state index contributed by atoms with van der Waals surface area (Å²) in [7, 11) is 0. The molecule has 0 saturated carbocycles.